The zero-order valence-corrected chi connectivity index (χ0v) is 83.7. The second-order valence-corrected chi connectivity index (χ2v) is 39.4. The number of halogens is 3. The average Bonchev–Trinajstić information content (AvgIpc) is 1.58. The predicted octanol–water partition coefficient (Wildman–Crippen LogP) is 10.3. The van der Waals surface area contributed by atoms with E-state index in [2.05, 4.69) is 40.2 Å². The minimum atomic E-state index is -4.08. The number of nitrogens with two attached hydrogens (primary N) is 1. The lowest BCUT2D eigenvalue weighted by Crippen LogP contribution is -2.39. The number of methoxy groups -OCH3 is 4. The molecule has 0 spiro atoms. The number of fused-ring (bicyclic) bond motifs is 3. The number of aryl methyl sites for hydroxylation is 3. The van der Waals surface area contributed by atoms with Gasteiger partial charge in [-0.3, -0.25) is 84.9 Å². The summed E-state index contributed by atoms with van der Waals surface area (Å²) in [6, 6.07) is 63.7. The normalized spacial score (nSPS) is 11.6. The van der Waals surface area contributed by atoms with Crippen molar-refractivity contribution in [2.24, 2.45) is 47.4 Å². The Morgan fingerprint density at radius 3 is 0.945 bits per heavy atom. The number of aromatic amines is 1. The lowest BCUT2D eigenvalue weighted by molar-refractivity contribution is 0.276. The van der Waals surface area contributed by atoms with E-state index in [1.165, 1.54) is 81.6 Å². The van der Waals surface area contributed by atoms with Crippen LogP contribution >= 0.6 is 34.8 Å². The van der Waals surface area contributed by atoms with Crippen molar-refractivity contribution in [1.82, 2.24) is 109 Å². The van der Waals surface area contributed by atoms with Crippen molar-refractivity contribution >= 4 is 98.4 Å². The highest BCUT2D eigenvalue weighted by Gasteiger charge is 2.32. The van der Waals surface area contributed by atoms with E-state index in [0.29, 0.717) is 107 Å². The van der Waals surface area contributed by atoms with Crippen LogP contribution < -0.4 is 57.8 Å². The summed E-state index contributed by atoms with van der Waals surface area (Å²) in [5, 5.41) is 28.6. The van der Waals surface area contributed by atoms with Crippen LogP contribution in [0.5, 0.6) is 23.0 Å². The Kier molecular flexibility index (Phi) is 30.1. The number of nitrogens with zero attached hydrogens (tertiary/aromatic N) is 22. The lowest BCUT2D eigenvalue weighted by atomic mass is 10.2. The number of pyridine rings is 3. The van der Waals surface area contributed by atoms with Crippen LogP contribution in [0.3, 0.4) is 0 Å². The number of benzene rings is 7. The molecule has 0 radical (unpaired) electrons. The van der Waals surface area contributed by atoms with Crippen molar-refractivity contribution in [2.45, 2.75) is 60.6 Å². The molecular weight excluding hydrogens is 1990 g/mol. The van der Waals surface area contributed by atoms with Gasteiger partial charge in [0.2, 0.25) is 30.1 Å². The third kappa shape index (κ3) is 21.6. The topological polar surface area (TPSA) is 481 Å². The molecule has 0 aliphatic heterocycles. The van der Waals surface area contributed by atoms with Gasteiger partial charge in [0, 0.05) is 138 Å². The number of rotatable bonds is 28. The number of aromatic nitrogens is 21. The third-order valence-corrected chi connectivity index (χ3v) is 28.7. The summed E-state index contributed by atoms with van der Waals surface area (Å²) < 4.78 is 118. The van der Waals surface area contributed by atoms with Gasteiger partial charge in [-0.1, -0.05) is 83.3 Å². The molecule has 145 heavy (non-hydrogen) atoms. The van der Waals surface area contributed by atoms with Crippen LogP contribution in [-0.4, -0.2) is 168 Å². The third-order valence-electron chi connectivity index (χ3n) is 23.5. The van der Waals surface area contributed by atoms with Crippen molar-refractivity contribution in [2.75, 3.05) is 28.4 Å². The molecular formula is C98H91Cl3N24O17S3. The highest BCUT2D eigenvalue weighted by Crippen LogP contribution is 2.34. The van der Waals surface area contributed by atoms with Crippen LogP contribution in [0.1, 0.15) is 39.3 Å². The first-order valence-corrected chi connectivity index (χ1v) is 49.4. The molecule has 0 aliphatic carbocycles. The molecule has 0 fully saturated rings. The maximum absolute atomic E-state index is 14.2. The van der Waals surface area contributed by atoms with Crippen LogP contribution in [0.4, 0.5) is 0 Å². The molecule has 744 valence electrons. The largest absolute Gasteiger partial charge is 0.497 e. The molecule has 19 aromatic rings. The number of aliphatic hydroxyl groups is 1. The fourth-order valence-electron chi connectivity index (χ4n) is 15.7. The van der Waals surface area contributed by atoms with Crippen LogP contribution in [0.15, 0.2) is 305 Å². The molecule has 0 saturated heterocycles. The molecule has 41 nitrogen and oxygen atoms in total. The Morgan fingerprint density at radius 2 is 0.662 bits per heavy atom. The summed E-state index contributed by atoms with van der Waals surface area (Å²) >= 11 is 18.3. The smallest absolute Gasteiger partial charge is 0.332 e. The van der Waals surface area contributed by atoms with Gasteiger partial charge in [-0.2, -0.15) is 23.9 Å². The number of imidazole rings is 3. The predicted molar refractivity (Wildman–Crippen MR) is 543 cm³/mol. The minimum absolute atomic E-state index is 0.0308. The van der Waals surface area contributed by atoms with Crippen LogP contribution in [-0.2, 0) is 118 Å². The molecule has 19 rings (SSSR count). The Hall–Kier alpha value is -16.2. The molecule has 0 saturated carbocycles. The molecule has 4 N–H and O–H groups in total. The summed E-state index contributed by atoms with van der Waals surface area (Å²) in [5.74, 6) is 3.98. The standard InChI is InChI=1S/C38H35ClN8O6S.C22H19ClN8O4S.C22H24N2O5S.C16H13ClN6O2/c1-43-37(48)34-36(42-35(33-19-20-41-44(33)2)47(34)29-12-9-27(39)10-13-29)46(38(43)49)24-28-11-18-32(21-40-28)54(50,51)45(22-25-5-14-30(52-3)15-6-25)23-26-7-16-31(53-4)17-8-26;1-28-21(32)18-20(30(22(28)33)12-14-5-8-16(11-25-14)36(24,34)35)27-19(17-9-10-26-29(17)2)31(18)15-6-3-13(23)4-7-15;1-28-20-8-3-17(4-9-20)14-24(15-18-5-10-21(29-2)11-6-18)30(26,27)22-12-7-19(16-25)23-13-22;1-21-15(24)12-13(20-16(21)25)19-14(11-7-8-18-22(11)2)23(12)10-5-3-9(17)4-6-10/h5-21H,22-24H2,1-4H3;3-11H,12H2,1-2H3,(H2,24,34,35);3-13,25H,14-16H2,1-2H3;3-8H,1-2H3,(H,20,25). The molecule has 0 aliphatic rings. The highest BCUT2D eigenvalue weighted by atomic mass is 35.5. The number of ether oxygens (including phenoxy) is 4. The molecule has 12 aromatic heterocycles. The van der Waals surface area contributed by atoms with Crippen LogP contribution in [0, 0.1) is 0 Å². The first kappa shape index (κ1) is 102. The van der Waals surface area contributed by atoms with Gasteiger partial charge in [0.05, 0.1) is 65.2 Å². The van der Waals surface area contributed by atoms with E-state index in [4.69, 9.17) is 68.9 Å². The molecule has 0 unspecified atom stereocenters. The van der Waals surface area contributed by atoms with Crippen LogP contribution in [0.25, 0.3) is 85.1 Å². The van der Waals surface area contributed by atoms with Gasteiger partial charge in [0.25, 0.3) is 16.7 Å². The van der Waals surface area contributed by atoms with Crippen molar-refractivity contribution < 1.29 is 49.3 Å². The zero-order valence-electron chi connectivity index (χ0n) is 79.0. The minimum Gasteiger partial charge on any atom is -0.497 e. The van der Waals surface area contributed by atoms with E-state index in [9.17, 15) is 59.1 Å². The van der Waals surface area contributed by atoms with Gasteiger partial charge in [-0.15, -0.1) is 0 Å². The van der Waals surface area contributed by atoms with Crippen molar-refractivity contribution in [3.8, 4) is 74.6 Å². The fourth-order valence-corrected chi connectivity index (χ4v) is 19.2. The van der Waals surface area contributed by atoms with Crippen molar-refractivity contribution in [3.05, 3.63) is 379 Å². The van der Waals surface area contributed by atoms with Gasteiger partial charge in [-0.05, 0) is 198 Å². The Morgan fingerprint density at radius 1 is 0.366 bits per heavy atom. The second kappa shape index (κ2) is 42.9. The monoisotopic (exact) mass is 2080 g/mol. The van der Waals surface area contributed by atoms with E-state index in [-0.39, 0.29) is 94.1 Å². The van der Waals surface area contributed by atoms with Gasteiger partial charge in [-0.25, -0.2) is 59.7 Å². The number of aliphatic hydroxyl groups excluding tert-OH is 1. The van der Waals surface area contributed by atoms with Gasteiger partial charge < -0.3 is 24.1 Å². The fraction of sp³-hybridized carbons (Fsp3) is 0.173. The summed E-state index contributed by atoms with van der Waals surface area (Å²) in [6.07, 6.45) is 8.51. The number of sulfonamides is 3. The highest BCUT2D eigenvalue weighted by molar-refractivity contribution is 7.89. The SMILES string of the molecule is COc1ccc(CN(Cc2ccc(OC)cc2)S(=O)(=O)c2ccc(CO)nc2)cc1.COc1ccc(CN(Cc2ccc(OC)cc2)S(=O)(=O)c2ccc(Cn3c(=O)n(C)c(=O)c4c3nc(-c3ccnn3C)n4-c3ccc(Cl)cc3)nc2)cc1.Cn1nccc1-c1nc2[nH]c(=O)n(C)c(=O)c2n1-c1ccc(Cl)cc1.Cn1nccc1-c1nc2c(c(=O)n(C)c(=O)n2Cc2ccc(S(N)(=O)=O)cn2)n1-c1ccc(Cl)cc1. The quantitative estimate of drug-likeness (QED) is 0.0410. The summed E-state index contributed by atoms with van der Waals surface area (Å²) in [7, 11) is 3.93. The lowest BCUT2D eigenvalue weighted by Gasteiger charge is -2.23. The average molecular weight is 2080 g/mol. The summed E-state index contributed by atoms with van der Waals surface area (Å²) in [5.41, 5.74) is 5.95. The maximum Gasteiger partial charge on any atom is 0.332 e. The van der Waals surface area contributed by atoms with Crippen molar-refractivity contribution in [1.29, 1.82) is 0 Å². The Labute approximate surface area is 841 Å². The van der Waals surface area contributed by atoms with Gasteiger partial charge in [0.15, 0.2) is 51.0 Å². The summed E-state index contributed by atoms with van der Waals surface area (Å²) in [4.78, 5) is 108. The van der Waals surface area contributed by atoms with E-state index in [1.807, 2.05) is 48.5 Å². The maximum atomic E-state index is 14.2. The first-order chi connectivity index (χ1) is 69.5. The number of hydrogen-bond acceptors (Lipinski definition) is 26. The van der Waals surface area contributed by atoms with Gasteiger partial charge >= 0.3 is 17.1 Å². The molecule has 0 amide bonds. The molecule has 0 bridgehead atoms. The number of primary sulfonamides is 1. The summed E-state index contributed by atoms with van der Waals surface area (Å²) in [6.45, 7) is 0.105. The van der Waals surface area contributed by atoms with E-state index >= 15 is 0 Å². The zero-order chi connectivity index (χ0) is 103. The molecule has 12 heterocycles. The molecule has 47 heteroatoms. The van der Waals surface area contributed by atoms with E-state index in [1.54, 1.807) is 242 Å². The second-order valence-electron chi connectivity index (χ2n) is 32.7. The number of nitrogens with one attached hydrogen (secondary N) is 1. The van der Waals surface area contributed by atoms with Crippen LogP contribution in [0.2, 0.25) is 15.1 Å². The van der Waals surface area contributed by atoms with E-state index in [0.717, 1.165) is 42.2 Å². The van der Waals surface area contributed by atoms with Crippen molar-refractivity contribution in [3.63, 3.8) is 0 Å². The molecule has 0 atom stereocenters. The Bertz CT molecular complexity index is 8680. The first-order valence-electron chi connectivity index (χ1n) is 43.9. The van der Waals surface area contributed by atoms with E-state index < -0.39 is 63.8 Å². The number of hydrogen-bond donors (Lipinski definition) is 3. The van der Waals surface area contributed by atoms with Gasteiger partial charge in [0.1, 0.15) is 54.8 Å². The Balaban J connectivity index is 0.000000145. The number of H-pyrrole nitrogens is 1. The molecule has 7 aromatic carbocycles.